The quantitative estimate of drug-likeness (QED) is 0.560. The summed E-state index contributed by atoms with van der Waals surface area (Å²) >= 11 is 0. The Hall–Kier alpha value is -3.91. The number of hydrogen-bond acceptors (Lipinski definition) is 4. The first-order valence-electron chi connectivity index (χ1n) is 12.6. The minimum absolute atomic E-state index is 0.000137. The molecule has 0 radical (unpaired) electrons. The molecular formula is C29H29F2N5O. The standard InChI is InChI=1S/C29H29F2N5O/c1-18-28(33-27-15-20(10-12-35(18)27)29(37)34-11-2-3-24(32)17-34)26-14-21-13-23(31)8-9-25(21)36(26)16-19-4-6-22(30)7-5-19/h4-10,12-15,24,27,33H,2-3,11,16-17,32H2,1H3. The first-order chi connectivity index (χ1) is 17.9. The zero-order valence-corrected chi connectivity index (χ0v) is 20.6. The van der Waals surface area contributed by atoms with Crippen molar-refractivity contribution in [1.29, 1.82) is 0 Å². The number of rotatable bonds is 4. The van der Waals surface area contributed by atoms with Gasteiger partial charge in [-0.2, -0.15) is 0 Å². The highest BCUT2D eigenvalue weighted by Gasteiger charge is 2.33. The molecule has 3 aliphatic rings. The number of allylic oxidation sites excluding steroid dienone is 1. The molecule has 0 spiro atoms. The Morgan fingerprint density at radius 2 is 1.89 bits per heavy atom. The van der Waals surface area contributed by atoms with Crippen LogP contribution in [0.1, 0.15) is 31.0 Å². The summed E-state index contributed by atoms with van der Waals surface area (Å²) in [4.78, 5) is 17.1. The largest absolute Gasteiger partial charge is 0.359 e. The molecule has 3 aromatic rings. The van der Waals surface area contributed by atoms with Gasteiger partial charge in [0, 0.05) is 54.0 Å². The maximum atomic E-state index is 14.1. The summed E-state index contributed by atoms with van der Waals surface area (Å²) in [5, 5.41) is 4.36. The fraction of sp³-hybridized carbons (Fsp3) is 0.276. The number of carbonyl (C=O) groups excluding carboxylic acids is 1. The van der Waals surface area contributed by atoms with Gasteiger partial charge in [-0.15, -0.1) is 0 Å². The number of hydrogen-bond donors (Lipinski definition) is 2. The molecule has 0 saturated carbocycles. The molecule has 1 aromatic heterocycles. The number of nitrogens with zero attached hydrogens (tertiary/aromatic N) is 3. The Labute approximate surface area is 214 Å². The highest BCUT2D eigenvalue weighted by atomic mass is 19.1. The van der Waals surface area contributed by atoms with Crippen molar-refractivity contribution in [2.24, 2.45) is 5.73 Å². The average molecular weight is 502 g/mol. The smallest absolute Gasteiger partial charge is 0.253 e. The van der Waals surface area contributed by atoms with E-state index >= 15 is 0 Å². The van der Waals surface area contributed by atoms with E-state index in [9.17, 15) is 13.6 Å². The molecule has 2 atom stereocenters. The van der Waals surface area contributed by atoms with Gasteiger partial charge in [-0.05, 0) is 73.9 Å². The molecule has 0 aliphatic carbocycles. The third-order valence-electron chi connectivity index (χ3n) is 7.46. The molecular weight excluding hydrogens is 472 g/mol. The Balaban J connectivity index is 1.33. The summed E-state index contributed by atoms with van der Waals surface area (Å²) < 4.78 is 29.7. The summed E-state index contributed by atoms with van der Waals surface area (Å²) in [6.45, 7) is 3.83. The van der Waals surface area contributed by atoms with E-state index in [2.05, 4.69) is 14.8 Å². The number of likely N-dealkylation sites (tertiary alicyclic amines) is 1. The zero-order valence-electron chi connectivity index (χ0n) is 20.6. The molecule has 3 aliphatic heterocycles. The van der Waals surface area contributed by atoms with Gasteiger partial charge < -0.3 is 25.4 Å². The van der Waals surface area contributed by atoms with Crippen LogP contribution in [0.15, 0.2) is 78.2 Å². The van der Waals surface area contributed by atoms with Crippen LogP contribution >= 0.6 is 0 Å². The normalized spacial score (nSPS) is 21.4. The predicted octanol–water partition coefficient (Wildman–Crippen LogP) is 4.29. The summed E-state index contributed by atoms with van der Waals surface area (Å²) in [5.74, 6) is -0.585. The van der Waals surface area contributed by atoms with E-state index < -0.39 is 0 Å². The van der Waals surface area contributed by atoms with E-state index in [1.165, 1.54) is 24.3 Å². The number of fused-ring (bicyclic) bond motifs is 2. The minimum atomic E-state index is -0.299. The van der Waals surface area contributed by atoms with Crippen molar-refractivity contribution < 1.29 is 13.6 Å². The molecule has 6 rings (SSSR count). The van der Waals surface area contributed by atoms with Gasteiger partial charge in [0.25, 0.3) is 5.91 Å². The van der Waals surface area contributed by atoms with E-state index in [0.29, 0.717) is 18.7 Å². The van der Waals surface area contributed by atoms with E-state index in [-0.39, 0.29) is 29.7 Å². The second-order valence-corrected chi connectivity index (χ2v) is 9.99. The van der Waals surface area contributed by atoms with Gasteiger partial charge >= 0.3 is 0 Å². The van der Waals surface area contributed by atoms with Gasteiger partial charge in [0.1, 0.15) is 17.8 Å². The third-order valence-corrected chi connectivity index (χ3v) is 7.46. The lowest BCUT2D eigenvalue weighted by atomic mass is 10.0. The number of piperidine rings is 1. The SMILES string of the molecule is CC1=C(c2cc3cc(F)ccc3n2Cc2ccc(F)cc2)NC2C=C(C(=O)N3CCCC(N)C3)C=CN12. The summed E-state index contributed by atoms with van der Waals surface area (Å²) in [5.41, 5.74) is 11.4. The maximum absolute atomic E-state index is 14.1. The molecule has 4 heterocycles. The lowest BCUT2D eigenvalue weighted by Gasteiger charge is -2.32. The highest BCUT2D eigenvalue weighted by Crippen LogP contribution is 2.34. The highest BCUT2D eigenvalue weighted by molar-refractivity contribution is 5.97. The number of aromatic nitrogens is 1. The predicted molar refractivity (Wildman–Crippen MR) is 140 cm³/mol. The maximum Gasteiger partial charge on any atom is 0.253 e. The molecule has 190 valence electrons. The molecule has 37 heavy (non-hydrogen) atoms. The molecule has 1 fully saturated rings. The van der Waals surface area contributed by atoms with E-state index in [1.807, 2.05) is 36.2 Å². The van der Waals surface area contributed by atoms with Crippen LogP contribution in [0.4, 0.5) is 8.78 Å². The van der Waals surface area contributed by atoms with Crippen molar-refractivity contribution in [2.45, 2.75) is 38.5 Å². The number of nitrogens with two attached hydrogens (primary N) is 1. The van der Waals surface area contributed by atoms with Crippen LogP contribution in [0.25, 0.3) is 16.6 Å². The van der Waals surface area contributed by atoms with Crippen LogP contribution in [-0.2, 0) is 11.3 Å². The third kappa shape index (κ3) is 4.31. The van der Waals surface area contributed by atoms with Crippen LogP contribution in [0.5, 0.6) is 0 Å². The van der Waals surface area contributed by atoms with Crippen molar-refractivity contribution >= 4 is 22.5 Å². The van der Waals surface area contributed by atoms with Crippen molar-refractivity contribution in [3.8, 4) is 0 Å². The summed E-state index contributed by atoms with van der Waals surface area (Å²) in [6.07, 6.45) is 7.39. The summed E-state index contributed by atoms with van der Waals surface area (Å²) in [6, 6.07) is 13.2. The first-order valence-corrected chi connectivity index (χ1v) is 12.6. The van der Waals surface area contributed by atoms with Gasteiger partial charge in [-0.3, -0.25) is 4.79 Å². The van der Waals surface area contributed by atoms with Crippen LogP contribution in [0.2, 0.25) is 0 Å². The lowest BCUT2D eigenvalue weighted by Crippen LogP contribution is -2.46. The van der Waals surface area contributed by atoms with Gasteiger partial charge in [0.15, 0.2) is 0 Å². The Bertz CT molecular complexity index is 1470. The van der Waals surface area contributed by atoms with E-state index in [4.69, 9.17) is 5.73 Å². The van der Waals surface area contributed by atoms with Crippen LogP contribution in [-0.4, -0.2) is 45.6 Å². The second kappa shape index (κ2) is 9.19. The van der Waals surface area contributed by atoms with Crippen molar-refractivity contribution in [3.05, 3.63) is 101 Å². The molecule has 2 aromatic carbocycles. The van der Waals surface area contributed by atoms with E-state index in [0.717, 1.165) is 52.9 Å². The van der Waals surface area contributed by atoms with Gasteiger partial charge in [0.2, 0.25) is 0 Å². The molecule has 6 nitrogen and oxygen atoms in total. The zero-order chi connectivity index (χ0) is 25.7. The fourth-order valence-corrected chi connectivity index (χ4v) is 5.54. The van der Waals surface area contributed by atoms with Gasteiger partial charge in [-0.25, -0.2) is 8.78 Å². The Kier molecular flexibility index (Phi) is 5.83. The van der Waals surface area contributed by atoms with Gasteiger partial charge in [0.05, 0.1) is 11.4 Å². The topological polar surface area (TPSA) is 66.5 Å². The van der Waals surface area contributed by atoms with Crippen LogP contribution in [0, 0.1) is 11.6 Å². The molecule has 1 saturated heterocycles. The number of benzene rings is 2. The van der Waals surface area contributed by atoms with Crippen molar-refractivity contribution in [2.75, 3.05) is 13.1 Å². The van der Waals surface area contributed by atoms with Crippen molar-refractivity contribution in [1.82, 2.24) is 19.7 Å². The summed E-state index contributed by atoms with van der Waals surface area (Å²) in [7, 11) is 0. The van der Waals surface area contributed by atoms with E-state index in [1.54, 1.807) is 18.2 Å². The fourth-order valence-electron chi connectivity index (χ4n) is 5.54. The van der Waals surface area contributed by atoms with Crippen LogP contribution < -0.4 is 11.1 Å². The van der Waals surface area contributed by atoms with Gasteiger partial charge in [-0.1, -0.05) is 12.1 Å². The molecule has 3 N–H and O–H groups in total. The Morgan fingerprint density at radius 3 is 2.68 bits per heavy atom. The van der Waals surface area contributed by atoms with Crippen LogP contribution in [0.3, 0.4) is 0 Å². The monoisotopic (exact) mass is 501 g/mol. The number of nitrogens with one attached hydrogen (secondary N) is 1. The average Bonchev–Trinajstić information content (AvgIpc) is 3.41. The molecule has 8 heteroatoms. The Morgan fingerprint density at radius 1 is 1.11 bits per heavy atom. The minimum Gasteiger partial charge on any atom is -0.359 e. The van der Waals surface area contributed by atoms with Crippen molar-refractivity contribution in [3.63, 3.8) is 0 Å². The second-order valence-electron chi connectivity index (χ2n) is 9.99. The lowest BCUT2D eigenvalue weighted by molar-refractivity contribution is -0.128. The molecule has 2 unspecified atom stereocenters. The number of amides is 1. The molecule has 0 bridgehead atoms. The molecule has 1 amide bonds. The number of carbonyl (C=O) groups is 1. The first kappa shape index (κ1) is 23.5. The number of halogens is 2.